The Kier molecular flexibility index (Phi) is 3.19. The van der Waals surface area contributed by atoms with Crippen LogP contribution in [0.5, 0.6) is 0 Å². The molecule has 1 aromatic rings. The Labute approximate surface area is 77.2 Å². The largest absolute Gasteiger partial charge is 0.309 e. The zero-order chi connectivity index (χ0) is 9.68. The molecule has 0 atom stereocenters. The van der Waals surface area contributed by atoms with Crippen LogP contribution < -0.4 is 5.32 Å². The molecule has 70 valence electrons. The Bertz CT molecular complexity index is 323. The molecule has 0 bridgehead atoms. The van der Waals surface area contributed by atoms with Gasteiger partial charge in [0.1, 0.15) is 5.82 Å². The fourth-order valence-electron chi connectivity index (χ4n) is 0.879. The van der Waals surface area contributed by atoms with Crippen LogP contribution >= 0.6 is 0 Å². The minimum Gasteiger partial charge on any atom is -0.309 e. The van der Waals surface area contributed by atoms with Gasteiger partial charge in [0.05, 0.1) is 6.20 Å². The molecule has 1 rings (SSSR count). The molecule has 1 heterocycles. The summed E-state index contributed by atoms with van der Waals surface area (Å²) in [6.45, 7) is 1.84. The van der Waals surface area contributed by atoms with Crippen LogP contribution in [0.1, 0.15) is 6.92 Å². The van der Waals surface area contributed by atoms with Crippen LogP contribution in [-0.2, 0) is 7.05 Å². The predicted molar refractivity (Wildman–Crippen MR) is 54.4 cm³/mol. The minimum atomic E-state index is 0.575. The third-order valence-electron chi connectivity index (χ3n) is 1.52. The molecule has 0 aliphatic rings. The van der Waals surface area contributed by atoms with E-state index in [1.54, 1.807) is 24.1 Å². The maximum Gasteiger partial charge on any atom is 0.223 e. The molecule has 0 aromatic carbocycles. The van der Waals surface area contributed by atoms with Gasteiger partial charge in [-0.25, -0.2) is 4.99 Å². The Hall–Kier alpha value is -1.65. The van der Waals surface area contributed by atoms with E-state index in [9.17, 15) is 0 Å². The Morgan fingerprint density at radius 3 is 2.92 bits per heavy atom. The van der Waals surface area contributed by atoms with E-state index in [1.165, 1.54) is 0 Å². The van der Waals surface area contributed by atoms with Crippen molar-refractivity contribution in [2.24, 2.45) is 17.0 Å². The number of hydrogen-bond donors (Lipinski definition) is 1. The Morgan fingerprint density at radius 2 is 2.46 bits per heavy atom. The molecule has 13 heavy (non-hydrogen) atoms. The molecule has 0 saturated heterocycles. The predicted octanol–water partition coefficient (Wildman–Crippen LogP) is 0.909. The molecular weight excluding hydrogens is 166 g/mol. The van der Waals surface area contributed by atoms with Gasteiger partial charge in [-0.15, -0.1) is 0 Å². The zero-order valence-electron chi connectivity index (χ0n) is 8.02. The normalized spacial score (nSPS) is 12.4. The van der Waals surface area contributed by atoms with Crippen LogP contribution in [-0.4, -0.2) is 29.0 Å². The first-order valence-corrected chi connectivity index (χ1v) is 3.98. The smallest absolute Gasteiger partial charge is 0.223 e. The molecule has 0 amide bonds. The van der Waals surface area contributed by atoms with Gasteiger partial charge in [-0.05, 0) is 6.92 Å². The molecule has 0 saturated carbocycles. The SMILES string of the molecule is CC=NC(=NC)Nc1ccnn1C. The van der Waals surface area contributed by atoms with Crippen molar-refractivity contribution in [3.63, 3.8) is 0 Å². The molecule has 5 nitrogen and oxygen atoms in total. The van der Waals surface area contributed by atoms with Crippen LogP contribution in [0, 0.1) is 0 Å². The van der Waals surface area contributed by atoms with E-state index in [0.717, 1.165) is 5.82 Å². The van der Waals surface area contributed by atoms with Gasteiger partial charge >= 0.3 is 0 Å². The van der Waals surface area contributed by atoms with Gasteiger partial charge in [0.2, 0.25) is 5.96 Å². The van der Waals surface area contributed by atoms with Gasteiger partial charge in [-0.3, -0.25) is 9.67 Å². The number of aromatic nitrogens is 2. The summed E-state index contributed by atoms with van der Waals surface area (Å²) >= 11 is 0. The summed E-state index contributed by atoms with van der Waals surface area (Å²) in [5.74, 6) is 1.44. The molecule has 0 unspecified atom stereocenters. The van der Waals surface area contributed by atoms with Crippen LogP contribution in [0.4, 0.5) is 5.82 Å². The highest BCUT2D eigenvalue weighted by Gasteiger charge is 1.99. The number of hydrogen-bond acceptors (Lipinski definition) is 2. The highest BCUT2D eigenvalue weighted by atomic mass is 15.3. The van der Waals surface area contributed by atoms with Gasteiger partial charge in [0.25, 0.3) is 0 Å². The second kappa shape index (κ2) is 4.39. The van der Waals surface area contributed by atoms with E-state index in [0.29, 0.717) is 5.96 Å². The Balaban J connectivity index is 2.73. The molecule has 1 aromatic heterocycles. The van der Waals surface area contributed by atoms with Crippen LogP contribution in [0.2, 0.25) is 0 Å². The number of rotatable bonds is 1. The lowest BCUT2D eigenvalue weighted by atomic mass is 10.6. The van der Waals surface area contributed by atoms with E-state index in [4.69, 9.17) is 0 Å². The molecule has 1 N–H and O–H groups in total. The molecule has 0 aliphatic heterocycles. The number of guanidine groups is 1. The zero-order valence-corrected chi connectivity index (χ0v) is 8.02. The maximum absolute atomic E-state index is 4.03. The molecule has 5 heteroatoms. The van der Waals surface area contributed by atoms with Crippen LogP contribution in [0.25, 0.3) is 0 Å². The second-order valence-corrected chi connectivity index (χ2v) is 2.40. The lowest BCUT2D eigenvalue weighted by Crippen LogP contribution is -2.12. The van der Waals surface area contributed by atoms with Crippen molar-refractivity contribution in [3.8, 4) is 0 Å². The van der Waals surface area contributed by atoms with Crippen molar-refractivity contribution < 1.29 is 0 Å². The number of nitrogens with zero attached hydrogens (tertiary/aromatic N) is 4. The molecule has 0 fully saturated rings. The fourth-order valence-corrected chi connectivity index (χ4v) is 0.879. The standard InChI is InChI=1S/C8H13N5/c1-4-10-8(9-2)12-7-5-6-11-13(7)3/h4-6H,1-3H3,(H,9,12). The van der Waals surface area contributed by atoms with Gasteiger partial charge in [-0.1, -0.05) is 0 Å². The topological polar surface area (TPSA) is 54.6 Å². The first-order chi connectivity index (χ1) is 6.27. The van der Waals surface area contributed by atoms with Crippen molar-refractivity contribution in [2.75, 3.05) is 12.4 Å². The third-order valence-corrected chi connectivity index (χ3v) is 1.52. The first-order valence-electron chi connectivity index (χ1n) is 3.98. The number of aliphatic imine (C=N–C) groups is 2. The minimum absolute atomic E-state index is 0.575. The van der Waals surface area contributed by atoms with E-state index in [2.05, 4.69) is 20.4 Å². The van der Waals surface area contributed by atoms with Crippen LogP contribution in [0.3, 0.4) is 0 Å². The summed E-state index contributed by atoms with van der Waals surface area (Å²) in [7, 11) is 3.54. The summed E-state index contributed by atoms with van der Waals surface area (Å²) in [5, 5.41) is 7.04. The van der Waals surface area contributed by atoms with Crippen LogP contribution in [0.15, 0.2) is 22.2 Å². The average molecular weight is 179 g/mol. The van der Waals surface area contributed by atoms with E-state index >= 15 is 0 Å². The Morgan fingerprint density at radius 1 is 1.69 bits per heavy atom. The van der Waals surface area contributed by atoms with E-state index < -0.39 is 0 Å². The number of nitrogens with one attached hydrogen (secondary N) is 1. The van der Waals surface area contributed by atoms with Crippen molar-refractivity contribution in [1.82, 2.24) is 9.78 Å². The van der Waals surface area contributed by atoms with Crippen molar-refractivity contribution in [1.29, 1.82) is 0 Å². The third kappa shape index (κ3) is 2.40. The second-order valence-electron chi connectivity index (χ2n) is 2.40. The van der Waals surface area contributed by atoms with Crippen molar-refractivity contribution in [2.45, 2.75) is 6.92 Å². The summed E-state index contributed by atoms with van der Waals surface area (Å²) in [5.41, 5.74) is 0. The summed E-state index contributed by atoms with van der Waals surface area (Å²) < 4.78 is 1.72. The summed E-state index contributed by atoms with van der Waals surface area (Å²) in [4.78, 5) is 7.99. The summed E-state index contributed by atoms with van der Waals surface area (Å²) in [6, 6.07) is 1.86. The van der Waals surface area contributed by atoms with Crippen molar-refractivity contribution in [3.05, 3.63) is 12.3 Å². The maximum atomic E-state index is 4.03. The molecule has 0 aliphatic carbocycles. The van der Waals surface area contributed by atoms with E-state index in [1.807, 2.05) is 20.0 Å². The molecule has 0 radical (unpaired) electrons. The lowest BCUT2D eigenvalue weighted by molar-refractivity contribution is 0.777. The van der Waals surface area contributed by atoms with Gasteiger partial charge < -0.3 is 5.32 Å². The summed E-state index contributed by atoms with van der Waals surface area (Å²) in [6.07, 6.45) is 3.40. The fraction of sp³-hybridized carbons (Fsp3) is 0.375. The number of aryl methyl sites for hydroxylation is 1. The van der Waals surface area contributed by atoms with Gasteiger partial charge in [0, 0.05) is 26.4 Å². The monoisotopic (exact) mass is 179 g/mol. The highest BCUT2D eigenvalue weighted by molar-refractivity contribution is 5.97. The van der Waals surface area contributed by atoms with Gasteiger partial charge in [-0.2, -0.15) is 5.10 Å². The highest BCUT2D eigenvalue weighted by Crippen LogP contribution is 2.03. The first kappa shape index (κ1) is 9.44. The lowest BCUT2D eigenvalue weighted by Gasteiger charge is -2.03. The number of anilines is 1. The van der Waals surface area contributed by atoms with E-state index in [-0.39, 0.29) is 0 Å². The average Bonchev–Trinajstić information content (AvgIpc) is 2.51. The van der Waals surface area contributed by atoms with Gasteiger partial charge in [0.15, 0.2) is 0 Å². The van der Waals surface area contributed by atoms with Crippen molar-refractivity contribution >= 4 is 18.0 Å². The molecular formula is C8H13N5. The quantitative estimate of drug-likeness (QED) is 0.514. The molecule has 0 spiro atoms.